The van der Waals surface area contributed by atoms with Crippen molar-refractivity contribution >= 4 is 17.9 Å². The van der Waals surface area contributed by atoms with Crippen molar-refractivity contribution in [2.45, 2.75) is 63.5 Å². The number of aromatic nitrogens is 1. The number of rotatable bonds is 9. The third-order valence-electron chi connectivity index (χ3n) is 6.37. The van der Waals surface area contributed by atoms with E-state index < -0.39 is 29.6 Å². The van der Waals surface area contributed by atoms with Crippen LogP contribution < -0.4 is 26.7 Å². The van der Waals surface area contributed by atoms with Gasteiger partial charge in [-0.2, -0.15) is 0 Å². The minimum absolute atomic E-state index is 0.0797. The van der Waals surface area contributed by atoms with Gasteiger partial charge in [0.1, 0.15) is 6.04 Å². The van der Waals surface area contributed by atoms with Gasteiger partial charge in [-0.05, 0) is 37.3 Å². The van der Waals surface area contributed by atoms with Crippen LogP contribution in [-0.4, -0.2) is 46.8 Å². The highest BCUT2D eigenvalue weighted by Crippen LogP contribution is 2.31. The summed E-state index contributed by atoms with van der Waals surface area (Å²) in [5.41, 5.74) is 4.43. The maximum atomic E-state index is 13.3. The van der Waals surface area contributed by atoms with Crippen LogP contribution in [0.2, 0.25) is 0 Å². The average molecular weight is 449 g/mol. The molecule has 5 N–H and O–H groups in total. The van der Waals surface area contributed by atoms with Gasteiger partial charge >= 0.3 is 6.09 Å². The lowest BCUT2D eigenvalue weighted by Gasteiger charge is -2.29. The first kappa shape index (κ1) is 23.8. The summed E-state index contributed by atoms with van der Waals surface area (Å²) in [5.74, 6) is -0.724. The summed E-state index contributed by atoms with van der Waals surface area (Å²) < 4.78 is 6.06. The first-order chi connectivity index (χ1) is 15.4. The second kappa shape index (κ2) is 11.1. The molecule has 1 aromatic rings. The lowest BCUT2D eigenvalue weighted by atomic mass is 9.84. The van der Waals surface area contributed by atoms with Gasteiger partial charge in [0.15, 0.2) is 5.75 Å². The van der Waals surface area contributed by atoms with Crippen LogP contribution in [-0.2, 0) is 9.59 Å². The molecule has 0 aromatic carbocycles. The predicted octanol–water partition coefficient (Wildman–Crippen LogP) is 0.821. The van der Waals surface area contributed by atoms with Gasteiger partial charge in [0.25, 0.3) is 5.56 Å². The Bertz CT molecular complexity index is 879. The fourth-order valence-electron chi connectivity index (χ4n) is 4.70. The van der Waals surface area contributed by atoms with Crippen LogP contribution >= 0.6 is 0 Å². The third kappa shape index (κ3) is 6.09. The van der Waals surface area contributed by atoms with E-state index in [0.717, 1.165) is 32.1 Å². The number of pyridine rings is 1. The second-order valence-corrected chi connectivity index (χ2v) is 8.66. The van der Waals surface area contributed by atoms with Crippen molar-refractivity contribution in [3.63, 3.8) is 0 Å². The van der Waals surface area contributed by atoms with Gasteiger partial charge in [-0.1, -0.05) is 32.1 Å². The predicted molar refractivity (Wildman–Crippen MR) is 116 cm³/mol. The van der Waals surface area contributed by atoms with E-state index in [1.807, 2.05) is 0 Å². The van der Waals surface area contributed by atoms with Crippen molar-refractivity contribution in [2.75, 3.05) is 13.2 Å². The zero-order chi connectivity index (χ0) is 23.1. The molecule has 2 fully saturated rings. The van der Waals surface area contributed by atoms with E-state index in [1.165, 1.54) is 22.9 Å². The number of aliphatic hydroxyl groups excluding tert-OH is 1. The number of ether oxygens (including phenoxy) is 1. The zero-order valence-corrected chi connectivity index (χ0v) is 18.1. The smallest absolute Gasteiger partial charge is 0.405 e. The summed E-state index contributed by atoms with van der Waals surface area (Å²) in [4.78, 5) is 49.3. The number of aliphatic hydroxyl groups is 1. The Morgan fingerprint density at radius 1 is 1.22 bits per heavy atom. The largest absolute Gasteiger partial charge is 0.410 e. The molecular formula is C22H32N4O6. The maximum Gasteiger partial charge on any atom is 0.410 e. The third-order valence-corrected chi connectivity index (χ3v) is 6.37. The van der Waals surface area contributed by atoms with Crippen molar-refractivity contribution in [2.24, 2.45) is 17.6 Å². The number of nitrogens with two attached hydrogens (primary N) is 1. The number of carbonyl (C=O) groups is 3. The van der Waals surface area contributed by atoms with Crippen LogP contribution in [0, 0.1) is 11.8 Å². The number of amides is 3. The molecule has 3 amide bonds. The summed E-state index contributed by atoms with van der Waals surface area (Å²) >= 11 is 0. The number of hydrogen-bond acceptors (Lipinski definition) is 6. The molecule has 0 spiro atoms. The molecule has 10 heteroatoms. The van der Waals surface area contributed by atoms with Crippen LogP contribution in [0.25, 0.3) is 0 Å². The molecule has 3 rings (SSSR count). The Morgan fingerprint density at radius 2 is 1.97 bits per heavy atom. The molecule has 1 aliphatic heterocycles. The topological polar surface area (TPSA) is 153 Å². The molecule has 1 aliphatic carbocycles. The van der Waals surface area contributed by atoms with Crippen molar-refractivity contribution in [3.05, 3.63) is 28.7 Å². The minimum Gasteiger partial charge on any atom is -0.405 e. The molecule has 1 saturated heterocycles. The van der Waals surface area contributed by atoms with E-state index in [9.17, 15) is 24.3 Å². The van der Waals surface area contributed by atoms with Crippen molar-refractivity contribution < 1.29 is 24.2 Å². The molecule has 3 atom stereocenters. The zero-order valence-electron chi connectivity index (χ0n) is 18.1. The molecule has 10 nitrogen and oxygen atoms in total. The van der Waals surface area contributed by atoms with E-state index in [-0.39, 0.29) is 30.1 Å². The average Bonchev–Trinajstić information content (AvgIpc) is 3.18. The molecule has 3 unspecified atom stereocenters. The second-order valence-electron chi connectivity index (χ2n) is 8.66. The van der Waals surface area contributed by atoms with E-state index >= 15 is 0 Å². The van der Waals surface area contributed by atoms with E-state index in [0.29, 0.717) is 25.8 Å². The highest BCUT2D eigenvalue weighted by molar-refractivity contribution is 5.82. The molecule has 2 aliphatic rings. The summed E-state index contributed by atoms with van der Waals surface area (Å²) in [5, 5.41) is 15.4. The molecule has 1 aromatic heterocycles. The summed E-state index contributed by atoms with van der Waals surface area (Å²) in [6.45, 7) is 0.271. The van der Waals surface area contributed by atoms with Crippen molar-refractivity contribution in [3.8, 4) is 5.75 Å². The lowest BCUT2D eigenvalue weighted by Crippen LogP contribution is -2.45. The number of primary amides is 1. The van der Waals surface area contributed by atoms with Crippen LogP contribution in [0.1, 0.15) is 57.4 Å². The molecule has 32 heavy (non-hydrogen) atoms. The van der Waals surface area contributed by atoms with Crippen molar-refractivity contribution in [1.82, 2.24) is 15.2 Å². The summed E-state index contributed by atoms with van der Waals surface area (Å²) in [6.07, 6.45) is 7.07. The quantitative estimate of drug-likeness (QED) is 0.439. The first-order valence-corrected chi connectivity index (χ1v) is 11.3. The maximum absolute atomic E-state index is 13.3. The molecule has 176 valence electrons. The highest BCUT2D eigenvalue weighted by atomic mass is 16.5. The molecular weight excluding hydrogens is 416 g/mol. The van der Waals surface area contributed by atoms with Gasteiger partial charge in [0.05, 0.1) is 12.6 Å². The Kier molecular flexibility index (Phi) is 8.26. The Hall–Kier alpha value is -2.88. The van der Waals surface area contributed by atoms with Crippen LogP contribution in [0.5, 0.6) is 5.75 Å². The monoisotopic (exact) mass is 448 g/mol. The van der Waals surface area contributed by atoms with Gasteiger partial charge in [-0.25, -0.2) is 4.79 Å². The standard InChI is InChI=1S/C22H32N4O6/c23-22(31)32-18-7-4-10-26(21(18)30)17(11-14-5-2-1-3-6-14)20(29)25-16(13-27)12-15-8-9-24-19(15)28/h4,7,10,14-17,27H,1-3,5-6,8-9,11-13H2,(H2,23,31)(H,24,28)(H,25,29). The van der Waals surface area contributed by atoms with Crippen LogP contribution in [0.3, 0.4) is 0 Å². The Balaban J connectivity index is 1.81. The number of carbonyl (C=O) groups excluding carboxylic acids is 3. The van der Waals surface area contributed by atoms with Crippen molar-refractivity contribution in [1.29, 1.82) is 0 Å². The van der Waals surface area contributed by atoms with Gasteiger partial charge < -0.3 is 26.2 Å². The molecule has 0 radical (unpaired) electrons. The van der Waals surface area contributed by atoms with Crippen LogP contribution in [0.15, 0.2) is 23.1 Å². The molecule has 0 bridgehead atoms. The first-order valence-electron chi connectivity index (χ1n) is 11.3. The lowest BCUT2D eigenvalue weighted by molar-refractivity contribution is -0.127. The fourth-order valence-corrected chi connectivity index (χ4v) is 4.70. The normalized spacial score (nSPS) is 20.9. The van der Waals surface area contributed by atoms with Gasteiger partial charge in [-0.3, -0.25) is 19.0 Å². The fraction of sp³-hybridized carbons (Fsp3) is 0.636. The molecule has 1 saturated carbocycles. The van der Waals surface area contributed by atoms with E-state index in [1.54, 1.807) is 0 Å². The highest BCUT2D eigenvalue weighted by Gasteiger charge is 2.31. The van der Waals surface area contributed by atoms with E-state index in [4.69, 9.17) is 10.5 Å². The van der Waals surface area contributed by atoms with Gasteiger partial charge in [0.2, 0.25) is 11.8 Å². The summed E-state index contributed by atoms with van der Waals surface area (Å²) in [6, 6.07) is 1.40. The SMILES string of the molecule is NC(=O)Oc1cccn(C(CC2CCCCC2)C(=O)NC(CO)CC2CCNC2=O)c1=O. The number of hydrogen-bond donors (Lipinski definition) is 4. The number of nitrogens with one attached hydrogen (secondary N) is 2. The Labute approximate surface area is 186 Å². The van der Waals surface area contributed by atoms with Gasteiger partial charge in [-0.15, -0.1) is 0 Å². The van der Waals surface area contributed by atoms with Crippen LogP contribution in [0.4, 0.5) is 4.79 Å². The molecule has 2 heterocycles. The van der Waals surface area contributed by atoms with Gasteiger partial charge in [0, 0.05) is 18.7 Å². The number of nitrogens with zero attached hydrogens (tertiary/aromatic N) is 1. The van der Waals surface area contributed by atoms with E-state index in [2.05, 4.69) is 10.6 Å². The summed E-state index contributed by atoms with van der Waals surface area (Å²) in [7, 11) is 0. The Morgan fingerprint density at radius 3 is 2.59 bits per heavy atom. The minimum atomic E-state index is -1.11.